The monoisotopic (exact) mass is 519 g/mol. The van der Waals surface area contributed by atoms with Crippen LogP contribution in [-0.2, 0) is 42.1 Å². The number of hydrogen-bond acceptors (Lipinski definition) is 12. The first-order valence-corrected chi connectivity index (χ1v) is 12.5. The molecule has 1 aliphatic rings. The Morgan fingerprint density at radius 1 is 1.06 bits per heavy atom. The Balaban J connectivity index is 2.15. The molecule has 0 aliphatic carbocycles. The van der Waals surface area contributed by atoms with Crippen molar-refractivity contribution in [3.8, 4) is 0 Å². The van der Waals surface area contributed by atoms with Crippen LogP contribution in [0.1, 0.15) is 20.3 Å². The summed E-state index contributed by atoms with van der Waals surface area (Å²) < 4.78 is 47.8. The SMILES string of the molecule is CC[C@@H](COCCOCCOCCOC1OC(CO)C(O)C(O)[C@H]1NC(C)=O)OP(=O)(O)OC. The first-order valence-electron chi connectivity index (χ1n) is 11.0. The molecule has 1 aliphatic heterocycles. The molecule has 7 atom stereocenters. The van der Waals surface area contributed by atoms with E-state index in [1.54, 1.807) is 6.92 Å². The zero-order chi connectivity index (χ0) is 25.6. The Labute approximate surface area is 199 Å². The normalized spacial score (nSPS) is 27.8. The first kappa shape index (κ1) is 31.3. The summed E-state index contributed by atoms with van der Waals surface area (Å²) in [7, 11) is -2.97. The Morgan fingerprint density at radius 2 is 1.65 bits per heavy atom. The highest BCUT2D eigenvalue weighted by molar-refractivity contribution is 7.47. The van der Waals surface area contributed by atoms with E-state index in [-0.39, 0.29) is 39.6 Å². The average molecular weight is 519 g/mol. The lowest BCUT2D eigenvalue weighted by atomic mass is 9.97. The van der Waals surface area contributed by atoms with E-state index in [0.29, 0.717) is 13.0 Å². The number of aliphatic hydroxyl groups excluding tert-OH is 3. The molecule has 15 heteroatoms. The highest BCUT2D eigenvalue weighted by atomic mass is 31.2. The van der Waals surface area contributed by atoms with Gasteiger partial charge in [0.05, 0.1) is 59.0 Å². The minimum Gasteiger partial charge on any atom is -0.394 e. The quantitative estimate of drug-likeness (QED) is 0.104. The van der Waals surface area contributed by atoms with Gasteiger partial charge in [0.2, 0.25) is 5.91 Å². The first-order chi connectivity index (χ1) is 16.1. The fourth-order valence-corrected chi connectivity index (χ4v) is 3.62. The molecule has 5 N–H and O–H groups in total. The molecular formula is C19H38NO13P. The van der Waals surface area contributed by atoms with Gasteiger partial charge in [-0.25, -0.2) is 4.57 Å². The zero-order valence-corrected chi connectivity index (χ0v) is 20.6. The third-order valence-corrected chi connectivity index (χ3v) is 5.80. The van der Waals surface area contributed by atoms with Gasteiger partial charge in [0.15, 0.2) is 6.29 Å². The molecule has 1 rings (SSSR count). The van der Waals surface area contributed by atoms with E-state index in [9.17, 15) is 29.6 Å². The van der Waals surface area contributed by atoms with Crippen LogP contribution in [-0.4, -0.2) is 123 Å². The largest absolute Gasteiger partial charge is 0.472 e. The zero-order valence-electron chi connectivity index (χ0n) is 19.7. The summed E-state index contributed by atoms with van der Waals surface area (Å²) in [4.78, 5) is 20.7. The highest BCUT2D eigenvalue weighted by Gasteiger charge is 2.45. The van der Waals surface area contributed by atoms with Crippen molar-refractivity contribution in [3.63, 3.8) is 0 Å². The molecule has 1 saturated heterocycles. The van der Waals surface area contributed by atoms with Crippen LogP contribution in [0, 0.1) is 0 Å². The van der Waals surface area contributed by atoms with E-state index < -0.39 is 57.1 Å². The minimum absolute atomic E-state index is 0.0689. The molecule has 1 amide bonds. The molecule has 0 aromatic rings. The Bertz CT molecular complexity index is 613. The summed E-state index contributed by atoms with van der Waals surface area (Å²) in [6.07, 6.45) is -4.97. The molecule has 0 saturated carbocycles. The van der Waals surface area contributed by atoms with Gasteiger partial charge in [-0.1, -0.05) is 6.92 Å². The van der Waals surface area contributed by atoms with Crippen molar-refractivity contribution in [2.45, 2.75) is 57.0 Å². The molecule has 0 aromatic carbocycles. The number of ether oxygens (including phenoxy) is 5. The maximum Gasteiger partial charge on any atom is 0.472 e. The molecule has 0 spiro atoms. The van der Waals surface area contributed by atoms with Crippen molar-refractivity contribution in [2.75, 3.05) is 60.0 Å². The molecule has 5 unspecified atom stereocenters. The molecule has 0 bridgehead atoms. The fourth-order valence-electron chi connectivity index (χ4n) is 2.94. The number of aliphatic hydroxyl groups is 3. The summed E-state index contributed by atoms with van der Waals surface area (Å²) in [5.74, 6) is -0.436. The Kier molecular flexibility index (Phi) is 15.5. The third-order valence-electron chi connectivity index (χ3n) is 4.78. The van der Waals surface area contributed by atoms with Crippen molar-refractivity contribution in [2.24, 2.45) is 0 Å². The maximum atomic E-state index is 11.4. The van der Waals surface area contributed by atoms with E-state index in [0.717, 1.165) is 7.11 Å². The number of phosphoric acid groups is 1. The van der Waals surface area contributed by atoms with E-state index in [2.05, 4.69) is 9.84 Å². The lowest BCUT2D eigenvalue weighted by molar-refractivity contribution is -0.272. The van der Waals surface area contributed by atoms with Crippen molar-refractivity contribution in [1.29, 1.82) is 0 Å². The van der Waals surface area contributed by atoms with Crippen LogP contribution in [0.4, 0.5) is 0 Å². The van der Waals surface area contributed by atoms with Crippen molar-refractivity contribution >= 4 is 13.7 Å². The molecule has 14 nitrogen and oxygen atoms in total. The lowest BCUT2D eigenvalue weighted by Crippen LogP contribution is -2.64. The predicted octanol–water partition coefficient (Wildman–Crippen LogP) is -1.46. The van der Waals surface area contributed by atoms with Crippen molar-refractivity contribution in [1.82, 2.24) is 5.32 Å². The number of rotatable bonds is 18. The third kappa shape index (κ3) is 11.8. The average Bonchev–Trinajstić information content (AvgIpc) is 2.80. The number of hydrogen-bond donors (Lipinski definition) is 5. The number of amides is 1. The molecule has 0 radical (unpaired) electrons. The van der Waals surface area contributed by atoms with Gasteiger partial charge in [-0.15, -0.1) is 0 Å². The summed E-state index contributed by atoms with van der Waals surface area (Å²) in [5, 5.41) is 31.9. The number of carbonyl (C=O) groups is 1. The van der Waals surface area contributed by atoms with Crippen LogP contribution in [0.25, 0.3) is 0 Å². The number of phosphoric ester groups is 1. The molecule has 1 fully saturated rings. The van der Waals surface area contributed by atoms with Crippen LogP contribution < -0.4 is 5.32 Å². The van der Waals surface area contributed by atoms with Gasteiger partial charge >= 0.3 is 7.82 Å². The van der Waals surface area contributed by atoms with Crippen molar-refractivity contribution < 1.29 is 62.3 Å². The van der Waals surface area contributed by atoms with Crippen molar-refractivity contribution in [3.05, 3.63) is 0 Å². The van der Waals surface area contributed by atoms with Crippen LogP contribution in [0.2, 0.25) is 0 Å². The fraction of sp³-hybridized carbons (Fsp3) is 0.947. The van der Waals surface area contributed by atoms with Gasteiger partial charge < -0.3 is 49.2 Å². The van der Waals surface area contributed by atoms with Crippen LogP contribution in [0.5, 0.6) is 0 Å². The molecular weight excluding hydrogens is 481 g/mol. The van der Waals surface area contributed by atoms with Gasteiger partial charge in [-0.05, 0) is 6.42 Å². The van der Waals surface area contributed by atoms with E-state index in [1.807, 2.05) is 0 Å². The van der Waals surface area contributed by atoms with Gasteiger partial charge in [-0.2, -0.15) is 0 Å². The van der Waals surface area contributed by atoms with E-state index in [1.165, 1.54) is 6.92 Å². The lowest BCUT2D eigenvalue weighted by Gasteiger charge is -2.42. The maximum absolute atomic E-state index is 11.4. The highest BCUT2D eigenvalue weighted by Crippen LogP contribution is 2.43. The molecule has 1 heterocycles. The Morgan fingerprint density at radius 3 is 2.18 bits per heavy atom. The second-order valence-corrected chi connectivity index (χ2v) is 8.90. The number of nitrogens with one attached hydrogen (secondary N) is 1. The van der Waals surface area contributed by atoms with E-state index >= 15 is 0 Å². The second kappa shape index (κ2) is 16.8. The Hall–Kier alpha value is -0.740. The summed E-state index contributed by atoms with van der Waals surface area (Å²) in [6.45, 7) is 3.99. The topological polar surface area (TPSA) is 192 Å². The van der Waals surface area contributed by atoms with Gasteiger partial charge in [0, 0.05) is 14.0 Å². The molecule has 0 aromatic heterocycles. The summed E-state index contributed by atoms with van der Waals surface area (Å²) in [5.41, 5.74) is 0. The predicted molar refractivity (Wildman–Crippen MR) is 116 cm³/mol. The van der Waals surface area contributed by atoms with Crippen LogP contribution >= 0.6 is 7.82 Å². The van der Waals surface area contributed by atoms with Gasteiger partial charge in [0.25, 0.3) is 0 Å². The second-order valence-electron chi connectivity index (χ2n) is 7.39. The summed E-state index contributed by atoms with van der Waals surface area (Å²) in [6, 6.07) is -1.00. The summed E-state index contributed by atoms with van der Waals surface area (Å²) >= 11 is 0. The van der Waals surface area contributed by atoms with Crippen LogP contribution in [0.3, 0.4) is 0 Å². The minimum atomic E-state index is -4.05. The molecule has 202 valence electrons. The standard InChI is InChI=1S/C19H38NO13P/c1-4-14(33-34(25,26)27-3)12-30-8-7-28-5-6-29-9-10-31-19-16(20-13(2)22)18(24)17(23)15(11-21)32-19/h14-19,21,23-24H,4-12H2,1-3H3,(H,20,22)(H,25,26)/t14-,15?,16+,17?,18?,19?/m0/s1. The van der Waals surface area contributed by atoms with E-state index in [4.69, 9.17) is 28.2 Å². The van der Waals surface area contributed by atoms with Gasteiger partial charge in [-0.3, -0.25) is 13.8 Å². The smallest absolute Gasteiger partial charge is 0.394 e. The van der Waals surface area contributed by atoms with Gasteiger partial charge in [0.1, 0.15) is 24.4 Å². The van der Waals surface area contributed by atoms with Crippen LogP contribution in [0.15, 0.2) is 0 Å². The number of carbonyl (C=O) groups excluding carboxylic acids is 1. The molecule has 34 heavy (non-hydrogen) atoms.